The molecule has 124 valence electrons. The fraction of sp³-hybridized carbons (Fsp3) is 0. The monoisotopic (exact) mass is 397 g/mol. The normalized spacial score (nSPS) is 11.3. The summed E-state index contributed by atoms with van der Waals surface area (Å²) in [6.07, 6.45) is 0. The van der Waals surface area contributed by atoms with Gasteiger partial charge in [-0.15, -0.1) is 0 Å². The van der Waals surface area contributed by atoms with E-state index in [4.69, 9.17) is 0 Å². The van der Waals surface area contributed by atoms with Crippen LogP contribution in [0.25, 0.3) is 38.6 Å². The molecule has 5 rings (SSSR count). The molecule has 26 heavy (non-hydrogen) atoms. The number of para-hydroxylation sites is 2. The summed E-state index contributed by atoms with van der Waals surface area (Å²) in [5.41, 5.74) is 6.09. The SMILES string of the molecule is Brc1cccc2c1c1ccccc1n2-c1ccccc1-c1ccccc1. The van der Waals surface area contributed by atoms with Gasteiger partial charge in [-0.3, -0.25) is 0 Å². The minimum Gasteiger partial charge on any atom is -0.309 e. The van der Waals surface area contributed by atoms with Crippen LogP contribution in [0.5, 0.6) is 0 Å². The van der Waals surface area contributed by atoms with Crippen molar-refractivity contribution >= 4 is 37.7 Å². The van der Waals surface area contributed by atoms with Crippen molar-refractivity contribution in [2.75, 3.05) is 0 Å². The van der Waals surface area contributed by atoms with Gasteiger partial charge in [0, 0.05) is 20.8 Å². The third-order valence-electron chi connectivity index (χ3n) is 4.88. The molecule has 0 radical (unpaired) electrons. The van der Waals surface area contributed by atoms with E-state index in [1.54, 1.807) is 0 Å². The summed E-state index contributed by atoms with van der Waals surface area (Å²) >= 11 is 3.75. The second kappa shape index (κ2) is 6.15. The summed E-state index contributed by atoms with van der Waals surface area (Å²) in [5.74, 6) is 0. The number of halogens is 1. The maximum absolute atomic E-state index is 3.75. The summed E-state index contributed by atoms with van der Waals surface area (Å²) in [6, 6.07) is 34.2. The first kappa shape index (κ1) is 15.4. The van der Waals surface area contributed by atoms with Crippen LogP contribution in [-0.2, 0) is 0 Å². The molecule has 0 saturated carbocycles. The highest BCUT2D eigenvalue weighted by atomic mass is 79.9. The minimum atomic E-state index is 1.13. The van der Waals surface area contributed by atoms with Crippen molar-refractivity contribution in [1.82, 2.24) is 4.57 Å². The van der Waals surface area contributed by atoms with Crippen LogP contribution < -0.4 is 0 Å². The second-order valence-corrected chi connectivity index (χ2v) is 7.22. The van der Waals surface area contributed by atoms with Crippen LogP contribution in [0.15, 0.2) is 102 Å². The zero-order chi connectivity index (χ0) is 17.5. The number of rotatable bonds is 2. The van der Waals surface area contributed by atoms with Crippen molar-refractivity contribution in [3.8, 4) is 16.8 Å². The average Bonchev–Trinajstić information content (AvgIpc) is 3.04. The van der Waals surface area contributed by atoms with Crippen molar-refractivity contribution < 1.29 is 0 Å². The zero-order valence-corrected chi connectivity index (χ0v) is 15.6. The molecule has 1 nitrogen and oxygen atoms in total. The molecule has 0 aliphatic heterocycles. The molecule has 0 amide bonds. The van der Waals surface area contributed by atoms with E-state index in [1.165, 1.54) is 38.6 Å². The number of hydrogen-bond donors (Lipinski definition) is 0. The highest BCUT2D eigenvalue weighted by Gasteiger charge is 2.16. The van der Waals surface area contributed by atoms with Crippen LogP contribution in [0.2, 0.25) is 0 Å². The largest absolute Gasteiger partial charge is 0.309 e. The Balaban J connectivity index is 1.94. The molecule has 0 saturated heterocycles. The van der Waals surface area contributed by atoms with Gasteiger partial charge in [0.15, 0.2) is 0 Å². The van der Waals surface area contributed by atoms with Gasteiger partial charge in [0.25, 0.3) is 0 Å². The van der Waals surface area contributed by atoms with E-state index in [0.29, 0.717) is 0 Å². The van der Waals surface area contributed by atoms with Crippen molar-refractivity contribution in [2.45, 2.75) is 0 Å². The molecular formula is C24H16BrN. The number of benzene rings is 4. The Bertz CT molecular complexity index is 1240. The molecule has 0 N–H and O–H groups in total. The maximum atomic E-state index is 3.75. The molecule has 0 bridgehead atoms. The first-order chi connectivity index (χ1) is 12.8. The number of fused-ring (bicyclic) bond motifs is 3. The van der Waals surface area contributed by atoms with Gasteiger partial charge in [0.05, 0.1) is 16.7 Å². The molecule has 0 atom stereocenters. The van der Waals surface area contributed by atoms with E-state index in [0.717, 1.165) is 4.47 Å². The van der Waals surface area contributed by atoms with Gasteiger partial charge in [-0.25, -0.2) is 0 Å². The number of aromatic nitrogens is 1. The van der Waals surface area contributed by atoms with Crippen LogP contribution in [0.4, 0.5) is 0 Å². The Kier molecular flexibility index (Phi) is 3.65. The van der Waals surface area contributed by atoms with E-state index in [-0.39, 0.29) is 0 Å². The Hall–Kier alpha value is -2.84. The van der Waals surface area contributed by atoms with Crippen LogP contribution in [0.1, 0.15) is 0 Å². The Labute approximate surface area is 160 Å². The third kappa shape index (κ3) is 2.30. The van der Waals surface area contributed by atoms with Crippen LogP contribution >= 0.6 is 15.9 Å². The van der Waals surface area contributed by atoms with Crippen molar-refractivity contribution in [1.29, 1.82) is 0 Å². The second-order valence-electron chi connectivity index (χ2n) is 6.37. The topological polar surface area (TPSA) is 4.93 Å². The van der Waals surface area contributed by atoms with E-state index in [2.05, 4.69) is 118 Å². The molecule has 0 aliphatic carbocycles. The number of nitrogens with zero attached hydrogens (tertiary/aromatic N) is 1. The lowest BCUT2D eigenvalue weighted by atomic mass is 10.0. The molecular weight excluding hydrogens is 382 g/mol. The summed E-state index contributed by atoms with van der Waals surface area (Å²) in [7, 11) is 0. The summed E-state index contributed by atoms with van der Waals surface area (Å²) < 4.78 is 3.50. The Morgan fingerprint density at radius 2 is 1.27 bits per heavy atom. The lowest BCUT2D eigenvalue weighted by molar-refractivity contribution is 1.18. The molecule has 0 spiro atoms. The van der Waals surface area contributed by atoms with Crippen molar-refractivity contribution in [3.05, 3.63) is 102 Å². The molecule has 0 unspecified atom stereocenters. The molecule has 0 fully saturated rings. The van der Waals surface area contributed by atoms with Gasteiger partial charge < -0.3 is 4.57 Å². The first-order valence-corrected chi connectivity index (χ1v) is 9.46. The van der Waals surface area contributed by atoms with Gasteiger partial charge in [-0.05, 0) is 29.8 Å². The number of hydrogen-bond acceptors (Lipinski definition) is 0. The summed E-state index contributed by atoms with van der Waals surface area (Å²) in [4.78, 5) is 0. The van der Waals surface area contributed by atoms with Gasteiger partial charge in [0.1, 0.15) is 0 Å². The lowest BCUT2D eigenvalue weighted by Crippen LogP contribution is -1.96. The van der Waals surface area contributed by atoms with E-state index in [9.17, 15) is 0 Å². The highest BCUT2D eigenvalue weighted by Crippen LogP contribution is 2.38. The van der Waals surface area contributed by atoms with Crippen LogP contribution in [-0.4, -0.2) is 4.57 Å². The van der Waals surface area contributed by atoms with Crippen molar-refractivity contribution in [3.63, 3.8) is 0 Å². The Morgan fingerprint density at radius 3 is 2.15 bits per heavy atom. The molecule has 1 aromatic heterocycles. The smallest absolute Gasteiger partial charge is 0.0552 e. The first-order valence-electron chi connectivity index (χ1n) is 8.67. The fourth-order valence-corrected chi connectivity index (χ4v) is 4.33. The molecule has 0 aliphatic rings. The lowest BCUT2D eigenvalue weighted by Gasteiger charge is -2.14. The summed E-state index contributed by atoms with van der Waals surface area (Å²) in [5, 5.41) is 2.52. The van der Waals surface area contributed by atoms with E-state index < -0.39 is 0 Å². The minimum absolute atomic E-state index is 1.13. The predicted octanol–water partition coefficient (Wildman–Crippen LogP) is 7.21. The van der Waals surface area contributed by atoms with Gasteiger partial charge in [0.2, 0.25) is 0 Å². The average molecular weight is 398 g/mol. The summed E-state index contributed by atoms with van der Waals surface area (Å²) in [6.45, 7) is 0. The highest BCUT2D eigenvalue weighted by molar-refractivity contribution is 9.10. The molecule has 4 aromatic carbocycles. The van der Waals surface area contributed by atoms with Gasteiger partial charge >= 0.3 is 0 Å². The van der Waals surface area contributed by atoms with E-state index >= 15 is 0 Å². The van der Waals surface area contributed by atoms with Gasteiger partial charge in [-0.2, -0.15) is 0 Å². The molecule has 5 aromatic rings. The predicted molar refractivity (Wildman–Crippen MR) is 114 cm³/mol. The van der Waals surface area contributed by atoms with Crippen molar-refractivity contribution in [2.24, 2.45) is 0 Å². The quantitative estimate of drug-likeness (QED) is 0.296. The fourth-order valence-electron chi connectivity index (χ4n) is 3.77. The van der Waals surface area contributed by atoms with E-state index in [1.807, 2.05) is 0 Å². The maximum Gasteiger partial charge on any atom is 0.0552 e. The van der Waals surface area contributed by atoms with Crippen LogP contribution in [0.3, 0.4) is 0 Å². The third-order valence-corrected chi connectivity index (χ3v) is 5.54. The zero-order valence-electron chi connectivity index (χ0n) is 14.1. The molecule has 1 heterocycles. The standard InChI is InChI=1S/C24H16BrN/c25-20-13-8-16-23-24(20)19-12-5-7-15-22(19)26(23)21-14-6-4-11-18(21)17-9-2-1-3-10-17/h1-16H. The van der Waals surface area contributed by atoms with Gasteiger partial charge in [-0.1, -0.05) is 88.7 Å². The van der Waals surface area contributed by atoms with Crippen LogP contribution in [0, 0.1) is 0 Å². The Morgan fingerprint density at radius 1 is 0.577 bits per heavy atom. The molecule has 2 heteroatoms.